The number of carboxylic acid groups (broad SMARTS) is 1. The van der Waals surface area contributed by atoms with E-state index in [2.05, 4.69) is 39.6 Å². The van der Waals surface area contributed by atoms with Crippen molar-refractivity contribution in [3.05, 3.63) is 28.2 Å². The van der Waals surface area contributed by atoms with Gasteiger partial charge in [-0.1, -0.05) is 13.0 Å². The molecule has 1 heterocycles. The Kier molecular flexibility index (Phi) is 5.05. The molecule has 0 bridgehead atoms. The van der Waals surface area contributed by atoms with Crippen LogP contribution >= 0.6 is 15.9 Å². The smallest absolute Gasteiger partial charge is 0.338 e. The number of anilines is 1. The Morgan fingerprint density at radius 2 is 2.00 bits per heavy atom. The third-order valence-corrected chi connectivity index (χ3v) is 4.74. The van der Waals surface area contributed by atoms with Gasteiger partial charge in [0, 0.05) is 36.7 Å². The zero-order valence-electron chi connectivity index (χ0n) is 12.0. The van der Waals surface area contributed by atoms with Crippen LogP contribution in [-0.2, 0) is 0 Å². The fraction of sp³-hybridized carbons (Fsp3) is 0.533. The topological polar surface area (TPSA) is 43.8 Å². The SMILES string of the molecule is CCC(C)N1CCN(c2cccc(Br)c2C(=O)O)CC1. The van der Waals surface area contributed by atoms with Crippen LogP contribution in [0.25, 0.3) is 0 Å². The van der Waals surface area contributed by atoms with Crippen LogP contribution in [0.15, 0.2) is 22.7 Å². The number of nitrogens with zero attached hydrogens (tertiary/aromatic N) is 2. The van der Waals surface area contributed by atoms with E-state index in [0.29, 0.717) is 16.1 Å². The molecule has 0 radical (unpaired) electrons. The molecule has 0 aromatic heterocycles. The van der Waals surface area contributed by atoms with Gasteiger partial charge < -0.3 is 10.0 Å². The number of halogens is 1. The Morgan fingerprint density at radius 1 is 1.35 bits per heavy atom. The minimum atomic E-state index is -0.878. The zero-order chi connectivity index (χ0) is 14.7. The molecule has 0 aliphatic carbocycles. The van der Waals surface area contributed by atoms with Crippen molar-refractivity contribution in [2.24, 2.45) is 0 Å². The second kappa shape index (κ2) is 6.59. The summed E-state index contributed by atoms with van der Waals surface area (Å²) in [6.45, 7) is 8.18. The van der Waals surface area contributed by atoms with Gasteiger partial charge in [-0.25, -0.2) is 4.79 Å². The predicted octanol–water partition coefficient (Wildman–Crippen LogP) is 3.07. The summed E-state index contributed by atoms with van der Waals surface area (Å²) in [6.07, 6.45) is 1.15. The van der Waals surface area contributed by atoms with Gasteiger partial charge >= 0.3 is 5.97 Å². The van der Waals surface area contributed by atoms with E-state index in [-0.39, 0.29) is 0 Å². The van der Waals surface area contributed by atoms with Crippen LogP contribution in [0.2, 0.25) is 0 Å². The van der Waals surface area contributed by atoms with Crippen molar-refractivity contribution >= 4 is 27.6 Å². The standard InChI is InChI=1S/C15H21BrN2O2/c1-3-11(2)17-7-9-18(10-8-17)13-6-4-5-12(16)14(13)15(19)20/h4-6,11H,3,7-10H2,1-2H3,(H,19,20). The quantitative estimate of drug-likeness (QED) is 0.914. The summed E-state index contributed by atoms with van der Waals surface area (Å²) in [5, 5.41) is 9.39. The molecule has 1 unspecified atom stereocenters. The summed E-state index contributed by atoms with van der Waals surface area (Å²) >= 11 is 3.34. The molecular weight excluding hydrogens is 320 g/mol. The Bertz CT molecular complexity index is 485. The molecule has 0 amide bonds. The minimum Gasteiger partial charge on any atom is -0.478 e. The monoisotopic (exact) mass is 340 g/mol. The maximum atomic E-state index is 11.4. The number of carbonyl (C=O) groups is 1. The van der Waals surface area contributed by atoms with Crippen molar-refractivity contribution in [2.75, 3.05) is 31.1 Å². The summed E-state index contributed by atoms with van der Waals surface area (Å²) in [5.74, 6) is -0.878. The van der Waals surface area contributed by atoms with E-state index in [1.54, 1.807) is 6.07 Å². The molecule has 1 aliphatic rings. The lowest BCUT2D eigenvalue weighted by molar-refractivity contribution is 0.0696. The Morgan fingerprint density at radius 3 is 2.55 bits per heavy atom. The molecule has 5 heteroatoms. The number of carboxylic acids is 1. The molecule has 110 valence electrons. The number of rotatable bonds is 4. The highest BCUT2D eigenvalue weighted by atomic mass is 79.9. The lowest BCUT2D eigenvalue weighted by Gasteiger charge is -2.39. The Balaban J connectivity index is 2.15. The van der Waals surface area contributed by atoms with E-state index in [1.807, 2.05) is 12.1 Å². The lowest BCUT2D eigenvalue weighted by atomic mass is 10.1. The molecular formula is C15H21BrN2O2. The molecule has 1 saturated heterocycles. The van der Waals surface area contributed by atoms with Crippen LogP contribution in [0.1, 0.15) is 30.6 Å². The van der Waals surface area contributed by atoms with Gasteiger partial charge in [0.25, 0.3) is 0 Å². The predicted molar refractivity (Wildman–Crippen MR) is 84.6 cm³/mol. The Labute approximate surface area is 128 Å². The van der Waals surface area contributed by atoms with E-state index < -0.39 is 5.97 Å². The highest BCUT2D eigenvalue weighted by molar-refractivity contribution is 9.10. The summed E-state index contributed by atoms with van der Waals surface area (Å²) in [4.78, 5) is 16.1. The molecule has 20 heavy (non-hydrogen) atoms. The van der Waals surface area contributed by atoms with Crippen LogP contribution in [0, 0.1) is 0 Å². The van der Waals surface area contributed by atoms with Crippen LogP contribution in [0.5, 0.6) is 0 Å². The van der Waals surface area contributed by atoms with Gasteiger partial charge in [0.2, 0.25) is 0 Å². The molecule has 1 aromatic carbocycles. The van der Waals surface area contributed by atoms with Gasteiger partial charge in [0.15, 0.2) is 0 Å². The summed E-state index contributed by atoms with van der Waals surface area (Å²) in [5.41, 5.74) is 1.18. The first-order chi connectivity index (χ1) is 9.54. The first kappa shape index (κ1) is 15.3. The highest BCUT2D eigenvalue weighted by Crippen LogP contribution is 2.29. The normalized spacial score (nSPS) is 18.1. The van der Waals surface area contributed by atoms with Gasteiger partial charge in [-0.15, -0.1) is 0 Å². The van der Waals surface area contributed by atoms with Crippen molar-refractivity contribution in [3.63, 3.8) is 0 Å². The number of hydrogen-bond donors (Lipinski definition) is 1. The maximum Gasteiger partial charge on any atom is 0.338 e. The van der Waals surface area contributed by atoms with Gasteiger partial charge in [0.05, 0.1) is 11.3 Å². The van der Waals surface area contributed by atoms with Crippen molar-refractivity contribution in [1.29, 1.82) is 0 Å². The largest absolute Gasteiger partial charge is 0.478 e. The maximum absolute atomic E-state index is 11.4. The average molecular weight is 341 g/mol. The number of piperazine rings is 1. The second-order valence-electron chi connectivity index (χ2n) is 5.22. The molecule has 1 aliphatic heterocycles. The third kappa shape index (κ3) is 3.15. The second-order valence-corrected chi connectivity index (χ2v) is 6.07. The first-order valence-corrected chi connectivity index (χ1v) is 7.84. The lowest BCUT2D eigenvalue weighted by Crippen LogP contribution is -2.49. The highest BCUT2D eigenvalue weighted by Gasteiger charge is 2.24. The van der Waals surface area contributed by atoms with Crippen LogP contribution in [0.4, 0.5) is 5.69 Å². The third-order valence-electron chi connectivity index (χ3n) is 4.07. The van der Waals surface area contributed by atoms with Crippen molar-refractivity contribution in [1.82, 2.24) is 4.90 Å². The number of benzene rings is 1. The fourth-order valence-electron chi connectivity index (χ4n) is 2.65. The molecule has 1 atom stereocenters. The molecule has 1 fully saturated rings. The van der Waals surface area contributed by atoms with Crippen LogP contribution in [0.3, 0.4) is 0 Å². The number of aromatic carboxylic acids is 1. The molecule has 1 aromatic rings. The summed E-state index contributed by atoms with van der Waals surface area (Å²) < 4.78 is 0.645. The Hall–Kier alpha value is -1.07. The van der Waals surface area contributed by atoms with Crippen molar-refractivity contribution in [2.45, 2.75) is 26.3 Å². The fourth-order valence-corrected chi connectivity index (χ4v) is 3.18. The molecule has 1 N–H and O–H groups in total. The van der Waals surface area contributed by atoms with Crippen LogP contribution in [-0.4, -0.2) is 48.2 Å². The summed E-state index contributed by atoms with van der Waals surface area (Å²) in [6, 6.07) is 6.17. The van der Waals surface area contributed by atoms with Gasteiger partial charge in [-0.2, -0.15) is 0 Å². The minimum absolute atomic E-state index is 0.365. The van der Waals surface area contributed by atoms with E-state index in [4.69, 9.17) is 0 Å². The van der Waals surface area contributed by atoms with Gasteiger partial charge in [-0.3, -0.25) is 4.90 Å². The summed E-state index contributed by atoms with van der Waals surface area (Å²) in [7, 11) is 0. The molecule has 0 saturated carbocycles. The van der Waals surface area contributed by atoms with E-state index in [9.17, 15) is 9.90 Å². The van der Waals surface area contributed by atoms with Crippen molar-refractivity contribution in [3.8, 4) is 0 Å². The van der Waals surface area contributed by atoms with Gasteiger partial charge in [0.1, 0.15) is 0 Å². The molecule has 0 spiro atoms. The zero-order valence-corrected chi connectivity index (χ0v) is 13.6. The van der Waals surface area contributed by atoms with Crippen LogP contribution < -0.4 is 4.90 Å². The molecule has 2 rings (SSSR count). The van der Waals surface area contributed by atoms with E-state index in [0.717, 1.165) is 38.3 Å². The average Bonchev–Trinajstić information content (AvgIpc) is 2.46. The van der Waals surface area contributed by atoms with Crippen molar-refractivity contribution < 1.29 is 9.90 Å². The molecule has 4 nitrogen and oxygen atoms in total. The van der Waals surface area contributed by atoms with Gasteiger partial charge in [-0.05, 0) is 41.4 Å². The number of hydrogen-bond acceptors (Lipinski definition) is 3. The van der Waals surface area contributed by atoms with E-state index in [1.165, 1.54) is 0 Å². The van der Waals surface area contributed by atoms with E-state index >= 15 is 0 Å². The first-order valence-electron chi connectivity index (χ1n) is 7.05.